The predicted molar refractivity (Wildman–Crippen MR) is 144 cm³/mol. The van der Waals surface area contributed by atoms with E-state index in [0.29, 0.717) is 0 Å². The molecule has 0 aromatic rings. The van der Waals surface area contributed by atoms with E-state index in [2.05, 4.69) is 19.1 Å². The minimum Gasteiger partial charge on any atom is -0.330 e. The third-order valence-corrected chi connectivity index (χ3v) is 6.72. The van der Waals surface area contributed by atoms with Gasteiger partial charge in [0.05, 0.1) is 0 Å². The smallest absolute Gasteiger partial charge is 0.00773 e. The first kappa shape index (κ1) is 30.7. The van der Waals surface area contributed by atoms with Crippen molar-refractivity contribution in [2.45, 2.75) is 174 Å². The zero-order valence-electron chi connectivity index (χ0n) is 21.8. The zero-order valence-corrected chi connectivity index (χ0v) is 21.8. The summed E-state index contributed by atoms with van der Waals surface area (Å²) in [4.78, 5) is 0. The van der Waals surface area contributed by atoms with Crippen molar-refractivity contribution in [3.05, 3.63) is 12.2 Å². The number of hydrogen-bond donors (Lipinski definition) is 1. The van der Waals surface area contributed by atoms with Crippen LogP contribution in [0.25, 0.3) is 0 Å². The van der Waals surface area contributed by atoms with Gasteiger partial charge in [-0.05, 0) is 38.6 Å². The summed E-state index contributed by atoms with van der Waals surface area (Å²) in [5, 5.41) is 0. The highest BCUT2D eigenvalue weighted by atomic mass is 14.5. The first-order valence-corrected chi connectivity index (χ1v) is 14.8. The maximum Gasteiger partial charge on any atom is -0.00773 e. The topological polar surface area (TPSA) is 26.0 Å². The van der Waals surface area contributed by atoms with Crippen molar-refractivity contribution < 1.29 is 0 Å². The molecule has 0 fully saturated rings. The molecule has 186 valence electrons. The quantitative estimate of drug-likeness (QED) is 0.101. The molecule has 0 saturated carbocycles. The summed E-state index contributed by atoms with van der Waals surface area (Å²) < 4.78 is 0. The minimum atomic E-state index is 0.865. The number of rotatable bonds is 27. The van der Waals surface area contributed by atoms with Gasteiger partial charge in [0.2, 0.25) is 0 Å². The standard InChI is InChI=1S/C30H61N/c1-2-3-4-5-6-7-8-9-10-11-12-13-14-15-16-17-18-19-20-21-22-23-24-25-26-27-28-29-30-31/h20-21H,2-19,22-31H2,1H3. The Hall–Kier alpha value is -0.300. The Bertz CT molecular complexity index is 322. The second-order valence-electron chi connectivity index (χ2n) is 9.97. The number of hydrogen-bond acceptors (Lipinski definition) is 1. The van der Waals surface area contributed by atoms with E-state index in [9.17, 15) is 0 Å². The van der Waals surface area contributed by atoms with E-state index in [4.69, 9.17) is 5.73 Å². The van der Waals surface area contributed by atoms with Crippen LogP contribution in [0.5, 0.6) is 0 Å². The minimum absolute atomic E-state index is 0.865. The van der Waals surface area contributed by atoms with Crippen molar-refractivity contribution in [1.29, 1.82) is 0 Å². The first-order valence-electron chi connectivity index (χ1n) is 14.8. The van der Waals surface area contributed by atoms with E-state index in [1.54, 1.807) is 0 Å². The van der Waals surface area contributed by atoms with Gasteiger partial charge in [-0.2, -0.15) is 0 Å². The van der Waals surface area contributed by atoms with Gasteiger partial charge in [-0.25, -0.2) is 0 Å². The van der Waals surface area contributed by atoms with Gasteiger partial charge in [-0.15, -0.1) is 0 Å². The summed E-state index contributed by atoms with van der Waals surface area (Å²) in [6, 6.07) is 0. The molecule has 31 heavy (non-hydrogen) atoms. The second-order valence-corrected chi connectivity index (χ2v) is 9.97. The van der Waals surface area contributed by atoms with Crippen molar-refractivity contribution in [1.82, 2.24) is 0 Å². The fourth-order valence-corrected chi connectivity index (χ4v) is 4.51. The van der Waals surface area contributed by atoms with E-state index in [1.165, 1.54) is 167 Å². The SMILES string of the molecule is CCCCCCCCCCCCCCCCCCCC=CCCCCCCCCCN. The van der Waals surface area contributed by atoms with E-state index < -0.39 is 0 Å². The van der Waals surface area contributed by atoms with Crippen molar-refractivity contribution in [2.75, 3.05) is 6.54 Å². The number of nitrogens with two attached hydrogens (primary N) is 1. The van der Waals surface area contributed by atoms with Crippen LogP contribution in [0.1, 0.15) is 174 Å². The Labute approximate surface area is 198 Å². The van der Waals surface area contributed by atoms with Gasteiger partial charge in [-0.1, -0.05) is 154 Å². The molecule has 0 aliphatic rings. The fraction of sp³-hybridized carbons (Fsp3) is 0.933. The molecule has 0 amide bonds. The lowest BCUT2D eigenvalue weighted by Gasteiger charge is -2.03. The average Bonchev–Trinajstić information content (AvgIpc) is 2.78. The molecule has 0 bridgehead atoms. The van der Waals surface area contributed by atoms with Crippen molar-refractivity contribution in [3.8, 4) is 0 Å². The molecule has 0 heterocycles. The Balaban J connectivity index is 3.05. The van der Waals surface area contributed by atoms with Crippen LogP contribution in [0.2, 0.25) is 0 Å². The molecule has 0 atom stereocenters. The molecular formula is C30H61N. The van der Waals surface area contributed by atoms with Crippen LogP contribution < -0.4 is 5.73 Å². The largest absolute Gasteiger partial charge is 0.330 e. The highest BCUT2D eigenvalue weighted by Gasteiger charge is 1.95. The third-order valence-electron chi connectivity index (χ3n) is 6.72. The van der Waals surface area contributed by atoms with Crippen LogP contribution in [0, 0.1) is 0 Å². The fourth-order valence-electron chi connectivity index (χ4n) is 4.51. The van der Waals surface area contributed by atoms with Crippen LogP contribution >= 0.6 is 0 Å². The molecule has 0 rings (SSSR count). The van der Waals surface area contributed by atoms with Crippen LogP contribution in [0.3, 0.4) is 0 Å². The molecule has 1 nitrogen and oxygen atoms in total. The molecule has 0 aliphatic carbocycles. The van der Waals surface area contributed by atoms with E-state index in [0.717, 1.165) is 6.54 Å². The highest BCUT2D eigenvalue weighted by Crippen LogP contribution is 2.14. The van der Waals surface area contributed by atoms with Crippen molar-refractivity contribution >= 4 is 0 Å². The van der Waals surface area contributed by atoms with Gasteiger partial charge in [0, 0.05) is 0 Å². The molecule has 0 spiro atoms. The summed E-state index contributed by atoms with van der Waals surface area (Å²) in [6.07, 6.45) is 41.8. The number of allylic oxidation sites excluding steroid dienone is 2. The van der Waals surface area contributed by atoms with E-state index in [1.807, 2.05) is 0 Å². The lowest BCUT2D eigenvalue weighted by Crippen LogP contribution is -1.97. The molecular weight excluding hydrogens is 374 g/mol. The molecule has 0 aromatic carbocycles. The van der Waals surface area contributed by atoms with Gasteiger partial charge in [-0.3, -0.25) is 0 Å². The van der Waals surface area contributed by atoms with Gasteiger partial charge < -0.3 is 5.73 Å². The summed E-state index contributed by atoms with van der Waals surface area (Å²) in [7, 11) is 0. The maximum atomic E-state index is 5.52. The molecule has 1 heteroatoms. The summed E-state index contributed by atoms with van der Waals surface area (Å²) in [6.45, 7) is 3.17. The molecule has 0 radical (unpaired) electrons. The molecule has 2 N–H and O–H groups in total. The maximum absolute atomic E-state index is 5.52. The molecule has 0 aromatic heterocycles. The van der Waals surface area contributed by atoms with Crippen LogP contribution in [0.4, 0.5) is 0 Å². The monoisotopic (exact) mass is 435 g/mol. The number of unbranched alkanes of at least 4 members (excludes halogenated alkanes) is 24. The van der Waals surface area contributed by atoms with Crippen molar-refractivity contribution in [2.24, 2.45) is 5.73 Å². The van der Waals surface area contributed by atoms with Gasteiger partial charge in [0.1, 0.15) is 0 Å². The van der Waals surface area contributed by atoms with Gasteiger partial charge in [0.15, 0.2) is 0 Å². The molecule has 0 aliphatic heterocycles. The zero-order chi connectivity index (χ0) is 22.5. The normalized spacial score (nSPS) is 11.7. The lowest BCUT2D eigenvalue weighted by atomic mass is 10.0. The summed E-state index contributed by atoms with van der Waals surface area (Å²) in [5.41, 5.74) is 5.52. The second kappa shape index (κ2) is 29.7. The first-order chi connectivity index (χ1) is 15.4. The van der Waals surface area contributed by atoms with E-state index in [-0.39, 0.29) is 0 Å². The Morgan fingerprint density at radius 3 is 0.903 bits per heavy atom. The molecule has 0 saturated heterocycles. The summed E-state index contributed by atoms with van der Waals surface area (Å²) in [5.74, 6) is 0. The average molecular weight is 436 g/mol. The molecule has 0 unspecified atom stereocenters. The van der Waals surface area contributed by atoms with Crippen LogP contribution in [0.15, 0.2) is 12.2 Å². The lowest BCUT2D eigenvalue weighted by molar-refractivity contribution is 0.527. The Morgan fingerprint density at radius 2 is 0.613 bits per heavy atom. The highest BCUT2D eigenvalue weighted by molar-refractivity contribution is 4.81. The predicted octanol–water partition coefficient (Wildman–Crippen LogP) is 10.7. The van der Waals surface area contributed by atoms with Crippen molar-refractivity contribution in [3.63, 3.8) is 0 Å². The Kier molecular flexibility index (Phi) is 29.4. The van der Waals surface area contributed by atoms with Gasteiger partial charge in [0.25, 0.3) is 0 Å². The Morgan fingerprint density at radius 1 is 0.355 bits per heavy atom. The van der Waals surface area contributed by atoms with Crippen LogP contribution in [-0.4, -0.2) is 6.54 Å². The summed E-state index contributed by atoms with van der Waals surface area (Å²) >= 11 is 0. The third kappa shape index (κ3) is 29.7. The van der Waals surface area contributed by atoms with Gasteiger partial charge >= 0.3 is 0 Å². The van der Waals surface area contributed by atoms with E-state index >= 15 is 0 Å². The van der Waals surface area contributed by atoms with Crippen LogP contribution in [-0.2, 0) is 0 Å².